The number of Topliss-reactive ketones (excluding diaryl/α,β-unsaturated/α-hetero) is 1. The molecule has 0 unspecified atom stereocenters. The van der Waals surface area contributed by atoms with Crippen LogP contribution in [0.4, 0.5) is 0 Å². The predicted octanol–water partition coefficient (Wildman–Crippen LogP) is 3.66. The highest BCUT2D eigenvalue weighted by Crippen LogP contribution is 2.24. The number of rotatable bonds is 6. The number of carbonyl (C=O) groups excluding carboxylic acids is 4. The lowest BCUT2D eigenvalue weighted by Gasteiger charge is -2.09. The predicted molar refractivity (Wildman–Crippen MR) is 111 cm³/mol. The van der Waals surface area contributed by atoms with Crippen molar-refractivity contribution in [2.45, 2.75) is 0 Å². The van der Waals surface area contributed by atoms with Crippen LogP contribution in [0.3, 0.4) is 0 Å². The Morgan fingerprint density at radius 3 is 2.47 bits per heavy atom. The van der Waals surface area contributed by atoms with Gasteiger partial charge in [-0.25, -0.2) is 4.79 Å². The molecule has 0 saturated heterocycles. The highest BCUT2D eigenvalue weighted by Gasteiger charge is 2.35. The van der Waals surface area contributed by atoms with Crippen molar-refractivity contribution in [2.75, 3.05) is 13.2 Å². The monoisotopic (exact) mass is 399 g/mol. The first kappa shape index (κ1) is 19.3. The van der Waals surface area contributed by atoms with Gasteiger partial charge in [-0.05, 0) is 29.0 Å². The van der Waals surface area contributed by atoms with Crippen molar-refractivity contribution in [3.63, 3.8) is 0 Å². The Morgan fingerprint density at radius 2 is 1.67 bits per heavy atom. The van der Waals surface area contributed by atoms with E-state index < -0.39 is 24.4 Å². The molecule has 1 heterocycles. The van der Waals surface area contributed by atoms with Crippen molar-refractivity contribution < 1.29 is 23.9 Å². The minimum Gasteiger partial charge on any atom is -0.454 e. The van der Waals surface area contributed by atoms with E-state index in [0.717, 1.165) is 15.7 Å². The van der Waals surface area contributed by atoms with Crippen LogP contribution < -0.4 is 0 Å². The number of amides is 2. The molecule has 30 heavy (non-hydrogen) atoms. The Bertz CT molecular complexity index is 1220. The van der Waals surface area contributed by atoms with Crippen molar-refractivity contribution in [2.24, 2.45) is 0 Å². The van der Waals surface area contributed by atoms with E-state index in [9.17, 15) is 19.2 Å². The van der Waals surface area contributed by atoms with Gasteiger partial charge in [0.25, 0.3) is 11.8 Å². The van der Waals surface area contributed by atoms with Crippen molar-refractivity contribution >= 4 is 34.3 Å². The van der Waals surface area contributed by atoms with Crippen molar-refractivity contribution in [3.8, 4) is 0 Å². The summed E-state index contributed by atoms with van der Waals surface area (Å²) >= 11 is 0. The molecular weight excluding hydrogens is 382 g/mol. The molecular formula is C24H17NO5. The van der Waals surface area contributed by atoms with E-state index >= 15 is 0 Å². The van der Waals surface area contributed by atoms with Gasteiger partial charge in [0.2, 0.25) is 5.78 Å². The fourth-order valence-corrected chi connectivity index (χ4v) is 3.47. The molecule has 3 aromatic carbocycles. The second-order valence-corrected chi connectivity index (χ2v) is 6.80. The molecule has 1 aliphatic heterocycles. The van der Waals surface area contributed by atoms with Crippen LogP contribution in [0.5, 0.6) is 0 Å². The van der Waals surface area contributed by atoms with Crippen LogP contribution in [0, 0.1) is 0 Å². The van der Waals surface area contributed by atoms with Crippen LogP contribution in [0.2, 0.25) is 0 Å². The topological polar surface area (TPSA) is 80.8 Å². The number of carbonyl (C=O) groups is 4. The molecule has 4 rings (SSSR count). The number of fused-ring (bicyclic) bond motifs is 2. The average molecular weight is 399 g/mol. The number of esters is 1. The number of ketones is 1. The number of nitrogens with zero attached hydrogens (tertiary/aromatic N) is 1. The van der Waals surface area contributed by atoms with Crippen LogP contribution >= 0.6 is 0 Å². The van der Waals surface area contributed by atoms with Crippen LogP contribution in [0.25, 0.3) is 10.8 Å². The van der Waals surface area contributed by atoms with E-state index in [-0.39, 0.29) is 29.0 Å². The summed E-state index contributed by atoms with van der Waals surface area (Å²) in [5.74, 6) is -1.99. The Labute approximate surface area is 172 Å². The third kappa shape index (κ3) is 3.28. The zero-order valence-electron chi connectivity index (χ0n) is 16.0. The molecule has 0 bridgehead atoms. The Hall–Kier alpha value is -4.06. The normalized spacial score (nSPS) is 12.7. The molecule has 2 amide bonds. The summed E-state index contributed by atoms with van der Waals surface area (Å²) in [5.41, 5.74) is 0.929. The number of imide groups is 1. The minimum absolute atomic E-state index is 0.0889. The molecule has 3 aromatic rings. The molecule has 6 heteroatoms. The van der Waals surface area contributed by atoms with Gasteiger partial charge in [-0.15, -0.1) is 6.58 Å². The van der Waals surface area contributed by atoms with Crippen LogP contribution in [0.15, 0.2) is 73.3 Å². The molecule has 0 spiro atoms. The maximum Gasteiger partial charge on any atom is 0.338 e. The molecule has 0 radical (unpaired) electrons. The zero-order valence-corrected chi connectivity index (χ0v) is 16.0. The summed E-state index contributed by atoms with van der Waals surface area (Å²) < 4.78 is 5.17. The first-order valence-electron chi connectivity index (χ1n) is 9.30. The number of hydrogen-bond donors (Lipinski definition) is 0. The Morgan fingerprint density at radius 1 is 0.933 bits per heavy atom. The standard InChI is InChI=1S/C24H17NO5/c1-2-12-25-22(27)19-11-10-16(13-20(19)23(25)28)24(29)30-14-21(26)18-9-5-7-15-6-3-4-8-17(15)18/h2-11,13H,1,12,14H2. The number of benzene rings is 3. The third-order valence-corrected chi connectivity index (χ3v) is 4.94. The van der Waals surface area contributed by atoms with Gasteiger partial charge >= 0.3 is 5.97 Å². The van der Waals surface area contributed by atoms with Crippen molar-refractivity contribution in [1.29, 1.82) is 0 Å². The van der Waals surface area contributed by atoms with Crippen LogP contribution in [0.1, 0.15) is 41.4 Å². The fraction of sp³-hybridized carbons (Fsp3) is 0.0833. The molecule has 0 fully saturated rings. The van der Waals surface area contributed by atoms with Gasteiger partial charge in [-0.3, -0.25) is 19.3 Å². The maximum absolute atomic E-state index is 12.6. The van der Waals surface area contributed by atoms with E-state index in [1.165, 1.54) is 24.3 Å². The highest BCUT2D eigenvalue weighted by atomic mass is 16.5. The van der Waals surface area contributed by atoms with E-state index in [1.807, 2.05) is 30.3 Å². The van der Waals surface area contributed by atoms with Gasteiger partial charge in [-0.2, -0.15) is 0 Å². The van der Waals surface area contributed by atoms with Crippen LogP contribution in [-0.4, -0.2) is 41.6 Å². The number of hydrogen-bond acceptors (Lipinski definition) is 5. The first-order valence-corrected chi connectivity index (χ1v) is 9.30. The average Bonchev–Trinajstić information content (AvgIpc) is 3.01. The van der Waals surface area contributed by atoms with Gasteiger partial charge in [-0.1, -0.05) is 48.5 Å². The van der Waals surface area contributed by atoms with Gasteiger partial charge in [0.15, 0.2) is 6.61 Å². The van der Waals surface area contributed by atoms with Gasteiger partial charge < -0.3 is 4.74 Å². The fourth-order valence-electron chi connectivity index (χ4n) is 3.47. The maximum atomic E-state index is 12.6. The summed E-state index contributed by atoms with van der Waals surface area (Å²) in [7, 11) is 0. The van der Waals surface area contributed by atoms with E-state index in [4.69, 9.17) is 4.74 Å². The molecule has 1 aliphatic rings. The number of ether oxygens (including phenoxy) is 1. The van der Waals surface area contributed by atoms with E-state index in [1.54, 1.807) is 12.1 Å². The Balaban J connectivity index is 1.50. The molecule has 6 nitrogen and oxygen atoms in total. The molecule has 0 aromatic heterocycles. The van der Waals surface area contributed by atoms with E-state index in [2.05, 4.69) is 6.58 Å². The lowest BCUT2D eigenvalue weighted by molar-refractivity contribution is 0.0475. The second-order valence-electron chi connectivity index (χ2n) is 6.80. The highest BCUT2D eigenvalue weighted by molar-refractivity contribution is 6.22. The molecule has 0 saturated carbocycles. The Kier molecular flexibility index (Phi) is 4.98. The largest absolute Gasteiger partial charge is 0.454 e. The summed E-state index contributed by atoms with van der Waals surface area (Å²) in [6.07, 6.45) is 1.45. The van der Waals surface area contributed by atoms with Gasteiger partial charge in [0.1, 0.15) is 0 Å². The minimum atomic E-state index is -0.742. The zero-order chi connectivity index (χ0) is 21.3. The van der Waals surface area contributed by atoms with Crippen molar-refractivity contribution in [3.05, 3.63) is 95.6 Å². The molecule has 148 valence electrons. The summed E-state index contributed by atoms with van der Waals surface area (Å²) in [4.78, 5) is 50.7. The quantitative estimate of drug-likeness (QED) is 0.273. The lowest BCUT2D eigenvalue weighted by atomic mass is 10.0. The first-order chi connectivity index (χ1) is 14.5. The smallest absolute Gasteiger partial charge is 0.338 e. The van der Waals surface area contributed by atoms with Gasteiger partial charge in [0, 0.05) is 12.1 Å². The van der Waals surface area contributed by atoms with E-state index in [0.29, 0.717) is 5.56 Å². The van der Waals surface area contributed by atoms with Crippen LogP contribution in [-0.2, 0) is 4.74 Å². The summed E-state index contributed by atoms with van der Waals surface area (Å²) in [6, 6.07) is 17.0. The molecule has 0 N–H and O–H groups in total. The molecule has 0 atom stereocenters. The molecule has 0 aliphatic carbocycles. The summed E-state index contributed by atoms with van der Waals surface area (Å²) in [5, 5.41) is 1.70. The van der Waals surface area contributed by atoms with Crippen molar-refractivity contribution in [1.82, 2.24) is 4.90 Å². The third-order valence-electron chi connectivity index (χ3n) is 4.94. The summed E-state index contributed by atoms with van der Waals surface area (Å²) in [6.45, 7) is 3.19. The lowest BCUT2D eigenvalue weighted by Crippen LogP contribution is -2.29. The van der Waals surface area contributed by atoms with Gasteiger partial charge in [0.05, 0.1) is 16.7 Å². The second kappa shape index (κ2) is 7.75. The SMILES string of the molecule is C=CCN1C(=O)c2ccc(C(=O)OCC(=O)c3cccc4ccccc34)cc2C1=O.